The van der Waals surface area contributed by atoms with E-state index in [0.29, 0.717) is 34.1 Å². The number of aliphatic hydroxyl groups is 1. The predicted molar refractivity (Wildman–Crippen MR) is 350 cm³/mol. The number of carboxylic acid groups (broad SMARTS) is 3. The van der Waals surface area contributed by atoms with Gasteiger partial charge in [-0.05, 0) is 72.9 Å². The standard InChI is InChI=1S/C64H86N16O17/c1-32(2)22-41(65)54(87)73-44(23-35-12-7-6-8-13-35)55(88)75-47(26-38-30-68-31-71-38)60(93)79-52(33(3)4)61(94)77-46(25-37-29-70-42-15-10-9-14-40(37)42)56(89)76-48(27-50(83)84)58(91)74-45(24-36-17-19-39(82)20-18-36)59(92)80-53(34(5)81)62(95)78-49(28-51(85)86)57(90)72-43(63(96)97)16-11-21-69-64(66)67/h6-10,12-15,17-20,29-34,41,43-49,52-53,70,81-82H,11,16,21-28,65H2,1-5H3,(H,68,71)(H,72,90)(H,73,87)(H,74,91)(H,75,88)(H,76,89)(H,77,94)(H,78,95)(H,79,93)(H,80,92)(H,83,84)(H,85,86)(H,96,97)(H4,66,67,69)/t34-,41+,43+,44+,45+,46+,47+,48+,49+,52+,53+/m1/s1. The zero-order valence-electron chi connectivity index (χ0n) is 54.1. The number of phenols is 1. The third-order valence-corrected chi connectivity index (χ3v) is 15.2. The average Bonchev–Trinajstić information content (AvgIpc) is 1.69. The molecule has 524 valence electrons. The van der Waals surface area contributed by atoms with Crippen LogP contribution < -0.4 is 65.1 Å². The van der Waals surface area contributed by atoms with Crippen LogP contribution in [-0.4, -0.2) is 191 Å². The number of benzene rings is 3. The van der Waals surface area contributed by atoms with Crippen molar-refractivity contribution in [2.75, 3.05) is 6.54 Å². The number of aromatic amines is 2. The maximum Gasteiger partial charge on any atom is 0.326 e. The fourth-order valence-corrected chi connectivity index (χ4v) is 10.2. The highest BCUT2D eigenvalue weighted by atomic mass is 16.4. The Kier molecular flexibility index (Phi) is 29.4. The number of aromatic hydroxyl groups is 1. The minimum absolute atomic E-state index is 0.00592. The summed E-state index contributed by atoms with van der Waals surface area (Å²) in [6.07, 6.45) is -0.735. The van der Waals surface area contributed by atoms with Crippen LogP contribution in [0.4, 0.5) is 0 Å². The number of fused-ring (bicyclic) bond motifs is 1. The molecule has 0 radical (unpaired) electrons. The van der Waals surface area contributed by atoms with Crippen LogP contribution in [0.15, 0.2) is 103 Å². The average molecular weight is 1350 g/mol. The lowest BCUT2D eigenvalue weighted by molar-refractivity contribution is -0.144. The molecule has 0 bridgehead atoms. The third kappa shape index (κ3) is 25.0. The summed E-state index contributed by atoms with van der Waals surface area (Å²) < 4.78 is 0. The highest BCUT2D eigenvalue weighted by Crippen LogP contribution is 2.21. The number of guanidine groups is 1. The normalized spacial score (nSPS) is 14.6. The number of phenolic OH excluding ortho intramolecular Hbond substituents is 1. The molecule has 5 aromatic rings. The predicted octanol–water partition coefficient (Wildman–Crippen LogP) is -2.27. The Morgan fingerprint density at radius 1 is 0.526 bits per heavy atom. The molecule has 5 rings (SSSR count). The molecule has 22 N–H and O–H groups in total. The van der Waals surface area contributed by atoms with Gasteiger partial charge >= 0.3 is 17.9 Å². The number of hydrogen-bond donors (Lipinski definition) is 19. The van der Waals surface area contributed by atoms with E-state index in [2.05, 4.69) is 67.8 Å². The van der Waals surface area contributed by atoms with Crippen LogP contribution in [0, 0.1) is 11.8 Å². The topological polar surface area (TPSA) is 549 Å². The van der Waals surface area contributed by atoms with Gasteiger partial charge in [-0.25, -0.2) is 9.78 Å². The third-order valence-electron chi connectivity index (χ3n) is 15.2. The number of carbonyl (C=O) groups excluding carboxylic acids is 9. The highest BCUT2D eigenvalue weighted by molar-refractivity contribution is 6.00. The molecule has 0 aliphatic carbocycles. The van der Waals surface area contributed by atoms with Gasteiger partial charge in [-0.3, -0.25) is 57.7 Å². The molecule has 2 aromatic heterocycles. The number of nitrogens with zero attached hydrogens (tertiary/aromatic N) is 2. The van der Waals surface area contributed by atoms with Crippen LogP contribution in [0.5, 0.6) is 5.75 Å². The van der Waals surface area contributed by atoms with Crippen LogP contribution in [0.2, 0.25) is 0 Å². The fourth-order valence-electron chi connectivity index (χ4n) is 10.2. The van der Waals surface area contributed by atoms with Crippen molar-refractivity contribution in [2.24, 2.45) is 34.0 Å². The zero-order chi connectivity index (χ0) is 71.6. The van der Waals surface area contributed by atoms with Crippen molar-refractivity contribution < 1.29 is 83.1 Å². The van der Waals surface area contributed by atoms with Crippen LogP contribution in [0.3, 0.4) is 0 Å². The Hall–Kier alpha value is -11.0. The minimum atomic E-state index is -2.07. The molecule has 0 aliphatic rings. The van der Waals surface area contributed by atoms with E-state index in [-0.39, 0.29) is 61.8 Å². The molecule has 3 aromatic carbocycles. The first-order valence-corrected chi connectivity index (χ1v) is 31.1. The Morgan fingerprint density at radius 2 is 0.990 bits per heavy atom. The van der Waals surface area contributed by atoms with Crippen LogP contribution in [0.25, 0.3) is 10.9 Å². The molecule has 33 heteroatoms. The van der Waals surface area contributed by atoms with Crippen molar-refractivity contribution in [1.29, 1.82) is 0 Å². The second-order valence-corrected chi connectivity index (χ2v) is 24.0. The number of nitrogens with two attached hydrogens (primary N) is 3. The van der Waals surface area contributed by atoms with Gasteiger partial charge in [0.1, 0.15) is 60.1 Å². The number of H-pyrrole nitrogens is 2. The summed E-state index contributed by atoms with van der Waals surface area (Å²) in [6.45, 7) is 7.92. The van der Waals surface area contributed by atoms with E-state index in [0.717, 1.165) is 6.92 Å². The Balaban J connectivity index is 1.43. The van der Waals surface area contributed by atoms with Gasteiger partial charge in [0.25, 0.3) is 0 Å². The maximum absolute atomic E-state index is 14.9. The van der Waals surface area contributed by atoms with Gasteiger partial charge < -0.3 is 101 Å². The summed E-state index contributed by atoms with van der Waals surface area (Å²) in [5.41, 5.74) is 19.2. The lowest BCUT2D eigenvalue weighted by Gasteiger charge is -2.29. The summed E-state index contributed by atoms with van der Waals surface area (Å²) in [6, 6.07) is 4.40. The van der Waals surface area contributed by atoms with E-state index in [1.165, 1.54) is 36.8 Å². The smallest absolute Gasteiger partial charge is 0.326 e. The number of carbonyl (C=O) groups is 12. The van der Waals surface area contributed by atoms with Gasteiger partial charge in [0.15, 0.2) is 5.96 Å². The van der Waals surface area contributed by atoms with Crippen molar-refractivity contribution in [3.05, 3.63) is 120 Å². The molecule has 2 heterocycles. The number of aliphatic hydroxyl groups excluding tert-OH is 1. The number of rotatable bonds is 39. The van der Waals surface area contributed by atoms with Crippen molar-refractivity contribution >= 4 is 87.9 Å². The molecule has 11 atom stereocenters. The van der Waals surface area contributed by atoms with E-state index >= 15 is 0 Å². The second kappa shape index (κ2) is 37.2. The molecule has 97 heavy (non-hydrogen) atoms. The van der Waals surface area contributed by atoms with Gasteiger partial charge in [-0.1, -0.05) is 88.4 Å². The molecule has 33 nitrogen and oxygen atoms in total. The van der Waals surface area contributed by atoms with E-state index in [1.54, 1.807) is 74.6 Å². The number of aromatic nitrogens is 3. The largest absolute Gasteiger partial charge is 0.508 e. The molecule has 0 unspecified atom stereocenters. The number of nitrogens with one attached hydrogen (secondary N) is 11. The number of carboxylic acids is 3. The molecule has 0 spiro atoms. The molecule has 0 aliphatic heterocycles. The van der Waals surface area contributed by atoms with Crippen LogP contribution >= 0.6 is 0 Å². The quantitative estimate of drug-likeness (QED) is 0.0112. The van der Waals surface area contributed by atoms with E-state index in [1.807, 2.05) is 13.8 Å². The Morgan fingerprint density at radius 3 is 1.52 bits per heavy atom. The molecular formula is C64H86N16O17. The van der Waals surface area contributed by atoms with E-state index in [4.69, 9.17) is 17.2 Å². The molecule has 0 saturated carbocycles. The number of aliphatic carboxylic acids is 3. The summed E-state index contributed by atoms with van der Waals surface area (Å²) in [4.78, 5) is 179. The summed E-state index contributed by atoms with van der Waals surface area (Å²) in [5, 5.41) is 73.3. The summed E-state index contributed by atoms with van der Waals surface area (Å²) in [7, 11) is 0. The Bertz CT molecular complexity index is 3560. The summed E-state index contributed by atoms with van der Waals surface area (Å²) in [5.74, 6) is -15.6. The molecule has 0 saturated heterocycles. The van der Waals surface area contributed by atoms with Gasteiger partial charge in [0.2, 0.25) is 53.2 Å². The second-order valence-electron chi connectivity index (χ2n) is 24.0. The first-order chi connectivity index (χ1) is 45.9. The number of amides is 9. The van der Waals surface area contributed by atoms with Crippen molar-refractivity contribution in [3.63, 3.8) is 0 Å². The zero-order valence-corrected chi connectivity index (χ0v) is 54.1. The SMILES string of the molecule is CC(C)C[C@H](N)C(=O)N[C@@H](Cc1ccccc1)C(=O)N[C@@H](Cc1cnc[nH]1)C(=O)N[C@H](C(=O)N[C@@H](Cc1c[nH]c2ccccc12)C(=O)N[C@@H](CC(=O)O)C(=O)N[C@@H](Cc1ccc(O)cc1)C(=O)N[C@H](C(=O)N[C@@H](CC(=O)O)C(=O)N[C@@H](CCCN=C(N)N)C(=O)O)[C@@H](C)O)C(C)C. The number of aliphatic imine (C=N–C) groups is 1. The fraction of sp³-hybridized carbons (Fsp3) is 0.438. The van der Waals surface area contributed by atoms with Gasteiger partial charge in [-0.15, -0.1) is 0 Å². The lowest BCUT2D eigenvalue weighted by Crippen LogP contribution is -2.62. The molecule has 9 amide bonds. The first-order valence-electron chi connectivity index (χ1n) is 31.1. The monoisotopic (exact) mass is 1350 g/mol. The van der Waals surface area contributed by atoms with E-state index < -0.39 is 163 Å². The number of imidazole rings is 1. The number of hydrogen-bond acceptors (Lipinski definition) is 17. The van der Waals surface area contributed by atoms with Crippen LogP contribution in [-0.2, 0) is 83.2 Å². The lowest BCUT2D eigenvalue weighted by atomic mass is 9.99. The van der Waals surface area contributed by atoms with Crippen molar-refractivity contribution in [1.82, 2.24) is 62.8 Å². The molecular weight excluding hydrogens is 1260 g/mol. The molecule has 0 fully saturated rings. The van der Waals surface area contributed by atoms with Gasteiger partial charge in [0.05, 0.1) is 31.3 Å². The van der Waals surface area contributed by atoms with Crippen LogP contribution in [0.1, 0.15) is 89.1 Å². The first kappa shape index (κ1) is 76.7. The highest BCUT2D eigenvalue weighted by Gasteiger charge is 2.39. The van der Waals surface area contributed by atoms with E-state index in [9.17, 15) is 83.1 Å². The van der Waals surface area contributed by atoms with Gasteiger partial charge in [0, 0.05) is 61.2 Å². The number of para-hydroxylation sites is 1. The van der Waals surface area contributed by atoms with Crippen molar-refractivity contribution in [3.8, 4) is 5.75 Å². The Labute approximate surface area is 557 Å². The van der Waals surface area contributed by atoms with Crippen molar-refractivity contribution in [2.45, 2.75) is 159 Å². The van der Waals surface area contributed by atoms with Gasteiger partial charge in [-0.2, -0.15) is 0 Å². The maximum atomic E-state index is 14.9. The minimum Gasteiger partial charge on any atom is -0.508 e. The summed E-state index contributed by atoms with van der Waals surface area (Å²) >= 11 is 0.